The van der Waals surface area contributed by atoms with Crippen LogP contribution in [0.25, 0.3) is 10.9 Å². The number of rotatable bonds is 1. The molecule has 0 aliphatic rings. The monoisotopic (exact) mass is 306 g/mol. The van der Waals surface area contributed by atoms with Crippen molar-refractivity contribution in [1.82, 2.24) is 4.98 Å². The summed E-state index contributed by atoms with van der Waals surface area (Å²) >= 11 is 3.46. The Labute approximate surface area is 113 Å². The molecule has 0 radical (unpaired) electrons. The van der Waals surface area contributed by atoms with E-state index in [-0.39, 0.29) is 0 Å². The third-order valence-corrected chi connectivity index (χ3v) is 2.79. The quantitative estimate of drug-likeness (QED) is 0.760. The molecular formula is C13H11BrN2O2. The summed E-state index contributed by atoms with van der Waals surface area (Å²) in [5, 5.41) is 9.89. The summed E-state index contributed by atoms with van der Waals surface area (Å²) in [7, 11) is 1.31. The van der Waals surface area contributed by atoms with Crippen LogP contribution in [0.1, 0.15) is 11.3 Å². The maximum Gasteiger partial charge on any atom is 0.292 e. The van der Waals surface area contributed by atoms with Crippen molar-refractivity contribution in [2.45, 2.75) is 6.92 Å². The van der Waals surface area contributed by atoms with Crippen LogP contribution in [0, 0.1) is 18.3 Å². The van der Waals surface area contributed by atoms with Crippen LogP contribution in [0.5, 0.6) is 0 Å². The standard InChI is InChI=1S/C11H7BrN2.C2H4O2/c1-7-5-10(12)9-4-2-3-8(6-13)11(9)14-7;1-4-2-3/h2-5H,1H3;2H,1H3. The lowest BCUT2D eigenvalue weighted by atomic mass is 10.1. The van der Waals surface area contributed by atoms with Gasteiger partial charge in [0.2, 0.25) is 0 Å². The summed E-state index contributed by atoms with van der Waals surface area (Å²) < 4.78 is 4.84. The number of benzene rings is 1. The van der Waals surface area contributed by atoms with E-state index in [1.54, 1.807) is 6.07 Å². The zero-order chi connectivity index (χ0) is 13.5. The molecule has 0 saturated heterocycles. The number of para-hydroxylation sites is 1. The summed E-state index contributed by atoms with van der Waals surface area (Å²) in [5.74, 6) is 0. The Bertz CT molecular complexity index is 606. The third kappa shape index (κ3) is 3.28. The molecule has 5 heteroatoms. The van der Waals surface area contributed by atoms with Crippen molar-refractivity contribution in [1.29, 1.82) is 5.26 Å². The van der Waals surface area contributed by atoms with Crippen molar-refractivity contribution >= 4 is 33.3 Å². The van der Waals surface area contributed by atoms with Crippen molar-refractivity contribution in [3.05, 3.63) is 40.0 Å². The molecule has 0 aliphatic carbocycles. The minimum Gasteiger partial charge on any atom is -0.471 e. The van der Waals surface area contributed by atoms with Gasteiger partial charge in [-0.15, -0.1) is 0 Å². The second kappa shape index (κ2) is 6.72. The molecule has 18 heavy (non-hydrogen) atoms. The fourth-order valence-corrected chi connectivity index (χ4v) is 2.07. The van der Waals surface area contributed by atoms with Crippen LogP contribution in [0.4, 0.5) is 0 Å². The molecule has 2 aromatic rings. The van der Waals surface area contributed by atoms with E-state index in [0.29, 0.717) is 12.0 Å². The Hall–Kier alpha value is -1.93. The molecule has 1 aromatic carbocycles. The van der Waals surface area contributed by atoms with E-state index < -0.39 is 0 Å². The van der Waals surface area contributed by atoms with Gasteiger partial charge in [0.15, 0.2) is 0 Å². The molecule has 92 valence electrons. The molecule has 0 N–H and O–H groups in total. The second-order valence-corrected chi connectivity index (χ2v) is 4.25. The maximum absolute atomic E-state index is 8.95. The first-order valence-corrected chi connectivity index (χ1v) is 5.85. The topological polar surface area (TPSA) is 63.0 Å². The number of aryl methyl sites for hydroxylation is 1. The maximum atomic E-state index is 8.95. The molecule has 0 fully saturated rings. The van der Waals surface area contributed by atoms with Crippen LogP contribution in [-0.4, -0.2) is 18.6 Å². The highest BCUT2D eigenvalue weighted by Gasteiger charge is 2.05. The normalized spacial score (nSPS) is 9.00. The Kier molecular flexibility index (Phi) is 5.28. The minimum absolute atomic E-state index is 0.375. The summed E-state index contributed by atoms with van der Waals surface area (Å²) in [6.45, 7) is 2.29. The lowest BCUT2D eigenvalue weighted by molar-refractivity contribution is -0.126. The van der Waals surface area contributed by atoms with Crippen LogP contribution in [0.2, 0.25) is 0 Å². The SMILES string of the molecule is COC=O.Cc1cc(Br)c2cccc(C#N)c2n1. The zero-order valence-electron chi connectivity index (χ0n) is 9.98. The fourth-order valence-electron chi connectivity index (χ4n) is 1.42. The smallest absolute Gasteiger partial charge is 0.292 e. The molecule has 0 amide bonds. The van der Waals surface area contributed by atoms with Gasteiger partial charge in [0, 0.05) is 15.6 Å². The van der Waals surface area contributed by atoms with Crippen molar-refractivity contribution in [3.8, 4) is 6.07 Å². The molecule has 0 saturated carbocycles. The van der Waals surface area contributed by atoms with E-state index in [9.17, 15) is 0 Å². The van der Waals surface area contributed by atoms with Crippen LogP contribution >= 0.6 is 15.9 Å². The molecule has 0 bridgehead atoms. The average Bonchev–Trinajstić information content (AvgIpc) is 2.38. The van der Waals surface area contributed by atoms with E-state index in [2.05, 4.69) is 31.7 Å². The van der Waals surface area contributed by atoms with Crippen LogP contribution in [0.3, 0.4) is 0 Å². The number of carbonyl (C=O) groups excluding carboxylic acids is 1. The number of pyridine rings is 1. The Balaban J connectivity index is 0.000000357. The van der Waals surface area contributed by atoms with E-state index in [0.717, 1.165) is 21.1 Å². The predicted octanol–water partition coefficient (Wildman–Crippen LogP) is 2.97. The van der Waals surface area contributed by atoms with Gasteiger partial charge < -0.3 is 4.74 Å². The number of fused-ring (bicyclic) bond motifs is 1. The van der Waals surface area contributed by atoms with E-state index in [4.69, 9.17) is 10.1 Å². The molecule has 1 heterocycles. The second-order valence-electron chi connectivity index (χ2n) is 3.39. The molecule has 4 nitrogen and oxygen atoms in total. The number of carbonyl (C=O) groups is 1. The van der Waals surface area contributed by atoms with E-state index >= 15 is 0 Å². The van der Waals surface area contributed by atoms with Gasteiger partial charge in [-0.2, -0.15) is 5.26 Å². The fraction of sp³-hybridized carbons (Fsp3) is 0.154. The number of hydrogen-bond acceptors (Lipinski definition) is 4. The number of methoxy groups -OCH3 is 1. The Morgan fingerprint density at radius 2 is 2.17 bits per heavy atom. The van der Waals surface area contributed by atoms with Crippen molar-refractivity contribution in [2.24, 2.45) is 0 Å². The Morgan fingerprint density at radius 3 is 2.72 bits per heavy atom. The number of nitrogens with zero attached hydrogens (tertiary/aromatic N) is 2. The molecule has 0 unspecified atom stereocenters. The van der Waals surface area contributed by atoms with Crippen molar-refractivity contribution in [3.63, 3.8) is 0 Å². The van der Waals surface area contributed by atoms with E-state index in [1.165, 1.54) is 7.11 Å². The van der Waals surface area contributed by atoms with Gasteiger partial charge in [0.25, 0.3) is 6.47 Å². The predicted molar refractivity (Wildman–Crippen MR) is 72.0 cm³/mol. The van der Waals surface area contributed by atoms with Gasteiger partial charge in [0.05, 0.1) is 18.2 Å². The lowest BCUT2D eigenvalue weighted by Crippen LogP contribution is -1.88. The van der Waals surface area contributed by atoms with Crippen LogP contribution < -0.4 is 0 Å². The number of aromatic nitrogens is 1. The zero-order valence-corrected chi connectivity index (χ0v) is 11.6. The minimum atomic E-state index is 0.375. The third-order valence-electron chi connectivity index (χ3n) is 2.13. The molecule has 1 aromatic heterocycles. The highest BCUT2D eigenvalue weighted by atomic mass is 79.9. The van der Waals surface area contributed by atoms with Gasteiger partial charge in [-0.05, 0) is 19.1 Å². The van der Waals surface area contributed by atoms with Gasteiger partial charge >= 0.3 is 0 Å². The number of ether oxygens (including phenoxy) is 1. The summed E-state index contributed by atoms with van der Waals surface area (Å²) in [6, 6.07) is 9.68. The molecular weight excluding hydrogens is 296 g/mol. The molecule has 0 spiro atoms. The highest BCUT2D eigenvalue weighted by Crippen LogP contribution is 2.25. The van der Waals surface area contributed by atoms with E-state index in [1.807, 2.05) is 25.1 Å². The molecule has 0 aliphatic heterocycles. The first kappa shape index (κ1) is 14.1. The van der Waals surface area contributed by atoms with Gasteiger partial charge in [-0.3, -0.25) is 9.78 Å². The Morgan fingerprint density at radius 1 is 1.50 bits per heavy atom. The van der Waals surface area contributed by atoms with Crippen LogP contribution in [-0.2, 0) is 9.53 Å². The number of halogens is 1. The number of nitriles is 1. The molecule has 2 rings (SSSR count). The highest BCUT2D eigenvalue weighted by molar-refractivity contribution is 9.10. The van der Waals surface area contributed by atoms with Crippen molar-refractivity contribution in [2.75, 3.05) is 7.11 Å². The van der Waals surface area contributed by atoms with Crippen LogP contribution in [0.15, 0.2) is 28.7 Å². The summed E-state index contributed by atoms with van der Waals surface area (Å²) in [4.78, 5) is 13.3. The van der Waals surface area contributed by atoms with Crippen molar-refractivity contribution < 1.29 is 9.53 Å². The lowest BCUT2D eigenvalue weighted by Gasteiger charge is -2.02. The first-order valence-electron chi connectivity index (χ1n) is 5.06. The van der Waals surface area contributed by atoms with Gasteiger partial charge in [0.1, 0.15) is 6.07 Å². The first-order chi connectivity index (χ1) is 8.63. The molecule has 0 atom stereocenters. The van der Waals surface area contributed by atoms with Gasteiger partial charge in [-0.25, -0.2) is 0 Å². The average molecular weight is 307 g/mol. The number of hydrogen-bond donors (Lipinski definition) is 0. The van der Waals surface area contributed by atoms with Gasteiger partial charge in [-0.1, -0.05) is 28.1 Å². The summed E-state index contributed by atoms with van der Waals surface area (Å²) in [6.07, 6.45) is 0. The summed E-state index contributed by atoms with van der Waals surface area (Å²) in [5.41, 5.74) is 2.29. The largest absolute Gasteiger partial charge is 0.471 e.